The van der Waals surface area contributed by atoms with Crippen LogP contribution in [0.5, 0.6) is 0 Å². The Bertz CT molecular complexity index is 1060. The van der Waals surface area contributed by atoms with E-state index in [1.807, 2.05) is 34.7 Å². The largest absolute Gasteiger partial charge is 0.333 e. The van der Waals surface area contributed by atoms with Crippen molar-refractivity contribution < 1.29 is 0 Å². The van der Waals surface area contributed by atoms with E-state index in [9.17, 15) is 0 Å². The maximum Gasteiger partial charge on any atom is 0.105 e. The Morgan fingerprint density at radius 3 is 1.88 bits per heavy atom. The number of hydrogen-bond donors (Lipinski definition) is 1. The molecule has 1 unspecified atom stereocenters. The van der Waals surface area contributed by atoms with Crippen LogP contribution in [0, 0.1) is 44.9 Å². The van der Waals surface area contributed by atoms with Gasteiger partial charge in [-0.1, -0.05) is 121 Å². The summed E-state index contributed by atoms with van der Waals surface area (Å²) in [4.78, 5) is 6.63. The molecule has 3 nitrogen and oxygen atoms in total. The van der Waals surface area contributed by atoms with Gasteiger partial charge in [0.2, 0.25) is 0 Å². The van der Waals surface area contributed by atoms with Gasteiger partial charge >= 0.3 is 0 Å². The van der Waals surface area contributed by atoms with E-state index in [0.717, 1.165) is 12.3 Å². The number of benzene rings is 2. The summed E-state index contributed by atoms with van der Waals surface area (Å²) >= 11 is 0. The topological polar surface area (TPSA) is 39.5 Å². The Labute approximate surface area is 249 Å². The average Bonchev–Trinajstić information content (AvgIpc) is 2.92. The highest BCUT2D eigenvalue weighted by Gasteiger charge is 2.16. The van der Waals surface area contributed by atoms with Crippen LogP contribution in [-0.4, -0.2) is 26.1 Å². The molecule has 1 aliphatic carbocycles. The molecule has 0 aliphatic heterocycles. The van der Waals surface area contributed by atoms with Crippen molar-refractivity contribution in [2.24, 2.45) is 16.8 Å². The van der Waals surface area contributed by atoms with E-state index in [4.69, 9.17) is 5.41 Å². The molecule has 2 aromatic carbocycles. The van der Waals surface area contributed by atoms with E-state index < -0.39 is 0 Å². The van der Waals surface area contributed by atoms with Crippen molar-refractivity contribution in [3.05, 3.63) is 81.9 Å². The summed E-state index contributed by atoms with van der Waals surface area (Å²) in [6.45, 7) is 27.3. The Morgan fingerprint density at radius 1 is 0.950 bits per heavy atom. The zero-order valence-electron chi connectivity index (χ0n) is 28.7. The first-order chi connectivity index (χ1) is 19.0. The second-order valence-electron chi connectivity index (χ2n) is 10.1. The Kier molecular flexibility index (Phi) is 21.4. The summed E-state index contributed by atoms with van der Waals surface area (Å²) in [6.07, 6.45) is 8.20. The van der Waals surface area contributed by atoms with Crippen molar-refractivity contribution >= 4 is 23.3 Å². The van der Waals surface area contributed by atoms with Gasteiger partial charge in [-0.25, -0.2) is 0 Å². The van der Waals surface area contributed by atoms with Crippen molar-refractivity contribution in [3.8, 4) is 0 Å². The molecule has 1 N–H and O–H groups in total. The molecular weight excluding hydrogens is 486 g/mol. The van der Waals surface area contributed by atoms with Gasteiger partial charge in [-0.05, 0) is 68.9 Å². The third-order valence-corrected chi connectivity index (χ3v) is 6.28. The molecule has 0 spiro atoms. The van der Waals surface area contributed by atoms with Crippen LogP contribution in [0.3, 0.4) is 0 Å². The molecule has 0 bridgehead atoms. The summed E-state index contributed by atoms with van der Waals surface area (Å²) in [5.74, 6) is 1.74. The summed E-state index contributed by atoms with van der Waals surface area (Å²) < 4.78 is 0. The molecule has 0 saturated carbocycles. The van der Waals surface area contributed by atoms with Crippen LogP contribution in [0.2, 0.25) is 0 Å². The van der Waals surface area contributed by atoms with Crippen LogP contribution in [0.4, 0.5) is 5.69 Å². The number of rotatable bonds is 4. The van der Waals surface area contributed by atoms with Gasteiger partial charge < -0.3 is 10.3 Å². The molecule has 0 heterocycles. The minimum absolute atomic E-state index is 0.184. The monoisotopic (exact) mass is 547 g/mol. The first-order valence-electron chi connectivity index (χ1n) is 15.2. The smallest absolute Gasteiger partial charge is 0.105 e. The van der Waals surface area contributed by atoms with Crippen LogP contribution < -0.4 is 4.90 Å². The first kappa shape index (κ1) is 39.2. The predicted octanol–water partition coefficient (Wildman–Crippen LogP) is 11.2. The summed E-state index contributed by atoms with van der Waals surface area (Å²) in [6, 6.07) is 12.9. The van der Waals surface area contributed by atoms with Crippen molar-refractivity contribution in [2.75, 3.05) is 19.0 Å². The molecule has 1 aliphatic rings. The van der Waals surface area contributed by atoms with Gasteiger partial charge in [-0.3, -0.25) is 4.99 Å². The van der Waals surface area contributed by atoms with Crippen LogP contribution in [0.15, 0.2) is 59.1 Å². The molecule has 3 rings (SSSR count). The number of hydrogen-bond acceptors (Lipinski definition) is 2. The second-order valence-corrected chi connectivity index (χ2v) is 10.1. The van der Waals surface area contributed by atoms with Gasteiger partial charge in [0.05, 0.1) is 0 Å². The number of aryl methyl sites for hydroxylation is 4. The van der Waals surface area contributed by atoms with Crippen molar-refractivity contribution in [1.82, 2.24) is 0 Å². The number of aliphatic imine (C=N–C) groups is 1. The van der Waals surface area contributed by atoms with Crippen molar-refractivity contribution in [2.45, 2.75) is 103 Å². The van der Waals surface area contributed by atoms with Crippen LogP contribution in [0.25, 0.3) is 5.57 Å². The van der Waals surface area contributed by atoms with Gasteiger partial charge in [0, 0.05) is 37.8 Å². The fraction of sp³-hybridized carbons (Fsp3) is 0.514. The Hall–Kier alpha value is -2.94. The third-order valence-electron chi connectivity index (χ3n) is 6.28. The quantitative estimate of drug-likeness (QED) is 0.231. The van der Waals surface area contributed by atoms with Crippen LogP contribution in [-0.2, 0) is 0 Å². The zero-order valence-corrected chi connectivity index (χ0v) is 28.7. The van der Waals surface area contributed by atoms with Crippen molar-refractivity contribution in [3.63, 3.8) is 0 Å². The van der Waals surface area contributed by atoms with Crippen LogP contribution >= 0.6 is 0 Å². The predicted molar refractivity (Wildman–Crippen MR) is 186 cm³/mol. The van der Waals surface area contributed by atoms with Crippen molar-refractivity contribution in [1.29, 1.82) is 5.41 Å². The molecular formula is C37H61N3. The lowest BCUT2D eigenvalue weighted by molar-refractivity contribution is 0.853. The van der Waals surface area contributed by atoms with E-state index in [1.54, 1.807) is 0 Å². The fourth-order valence-electron chi connectivity index (χ4n) is 4.75. The van der Waals surface area contributed by atoms with E-state index in [2.05, 4.69) is 128 Å². The van der Waals surface area contributed by atoms with Gasteiger partial charge in [-0.15, -0.1) is 0 Å². The molecule has 0 radical (unpaired) electrons. The SMILES string of the molecule is CC.CC.CC1=CCC(c2ccccc2C)=CC1C=N.CCC.CN=C(C(C)C)N(C)c1c(C)cc(C)cc1C. The number of nitrogens with zero attached hydrogens (tertiary/aromatic N) is 2. The average molecular weight is 548 g/mol. The number of allylic oxidation sites excluding steroid dienone is 4. The van der Waals surface area contributed by atoms with Gasteiger partial charge in [0.25, 0.3) is 0 Å². The molecule has 2 aromatic rings. The van der Waals surface area contributed by atoms with Gasteiger partial charge in [-0.2, -0.15) is 0 Å². The normalized spacial score (nSPS) is 13.9. The van der Waals surface area contributed by atoms with E-state index in [0.29, 0.717) is 5.92 Å². The maximum absolute atomic E-state index is 7.42. The maximum atomic E-state index is 7.42. The van der Waals surface area contributed by atoms with Gasteiger partial charge in [0.15, 0.2) is 0 Å². The number of nitrogens with one attached hydrogen (secondary N) is 1. The van der Waals surface area contributed by atoms with E-state index in [-0.39, 0.29) is 5.92 Å². The molecule has 0 fully saturated rings. The lowest BCUT2D eigenvalue weighted by Crippen LogP contribution is -2.31. The highest BCUT2D eigenvalue weighted by atomic mass is 15.2. The minimum Gasteiger partial charge on any atom is -0.333 e. The summed E-state index contributed by atoms with van der Waals surface area (Å²) in [5, 5.41) is 7.42. The first-order valence-corrected chi connectivity index (χ1v) is 15.2. The van der Waals surface area contributed by atoms with Crippen LogP contribution in [0.1, 0.15) is 103 Å². The summed E-state index contributed by atoms with van der Waals surface area (Å²) in [7, 11) is 3.97. The molecule has 40 heavy (non-hydrogen) atoms. The third kappa shape index (κ3) is 12.5. The molecule has 0 saturated heterocycles. The lowest BCUT2D eigenvalue weighted by atomic mass is 9.86. The lowest BCUT2D eigenvalue weighted by Gasteiger charge is -2.27. The summed E-state index contributed by atoms with van der Waals surface area (Å²) in [5.41, 5.74) is 10.5. The molecule has 0 aromatic heterocycles. The van der Waals surface area contributed by atoms with E-state index >= 15 is 0 Å². The Morgan fingerprint density at radius 2 is 1.45 bits per heavy atom. The second kappa shape index (κ2) is 21.8. The molecule has 0 amide bonds. The van der Waals surface area contributed by atoms with E-state index in [1.165, 1.54) is 57.3 Å². The minimum atomic E-state index is 0.184. The molecule has 224 valence electrons. The molecule has 1 atom stereocenters. The highest BCUT2D eigenvalue weighted by Crippen LogP contribution is 2.30. The number of anilines is 1. The number of amidine groups is 1. The fourth-order valence-corrected chi connectivity index (χ4v) is 4.75. The zero-order chi connectivity index (χ0) is 31.4. The highest BCUT2D eigenvalue weighted by molar-refractivity contribution is 5.99. The van der Waals surface area contributed by atoms with Gasteiger partial charge in [0.1, 0.15) is 5.84 Å². The standard InChI is InChI=1S/C15H24N2.C15H17N.C3H8.2C2H6/c1-10(2)15(16-6)17(7)14-12(4)8-11(3)9-13(14)5;1-11-7-8-13(9-14(11)10-16)15-6-4-3-5-12(15)2;1-3-2;2*1-2/h8-10H,1-7H3;3-7,9-10,14,16H,8H2,1-2H3;3H2,1-2H3;2*1-2H3. The molecule has 3 heteroatoms. The Balaban J connectivity index is 0.